The number of aromatic nitrogens is 3. The van der Waals surface area contributed by atoms with Gasteiger partial charge in [-0.05, 0) is 55.5 Å². The zero-order valence-electron chi connectivity index (χ0n) is 24.4. The third-order valence-corrected chi connectivity index (χ3v) is 9.57. The lowest BCUT2D eigenvalue weighted by molar-refractivity contribution is -0.146. The molecular weight excluding hydrogens is 621 g/mol. The molecule has 9 nitrogen and oxygen atoms in total. The molecule has 2 aromatic carbocycles. The van der Waals surface area contributed by atoms with Crippen molar-refractivity contribution < 1.29 is 37.0 Å². The number of rotatable bonds is 8. The predicted octanol–water partition coefficient (Wildman–Crippen LogP) is 6.42. The zero-order valence-corrected chi connectivity index (χ0v) is 26.0. The third kappa shape index (κ3) is 6.49. The molecule has 44 heavy (non-hydrogen) atoms. The second-order valence-electron chi connectivity index (χ2n) is 10.5. The Morgan fingerprint density at radius 1 is 1.05 bits per heavy atom. The number of thioether (sulfide) groups is 1. The maximum Gasteiger partial charge on any atom is 0.452 e. The molecule has 0 N–H and O–H groups in total. The molecular formula is C30H32ClF3N4O5S. The van der Waals surface area contributed by atoms with Crippen LogP contribution in [-0.4, -0.2) is 65.5 Å². The Morgan fingerprint density at radius 3 is 2.45 bits per heavy atom. The van der Waals surface area contributed by atoms with E-state index < -0.39 is 22.5 Å². The standard InChI is InChI=1S/C30H32ClF3N4O5S/c1-4-43-25(40)14-17-10-12-37(13-11-17)24(39)16-23-28-35-36-29(30(32,33)34)38(28)21-9-8-18(31)15-20(21)27(44-23)19-6-5-7-22(41-2)26(19)42-3/h5-9,15,17,23,27H,4,10-14,16H2,1-3H3/t23-,27-/m1/s1. The number of nitrogens with zero attached hydrogens (tertiary/aromatic N) is 4. The van der Waals surface area contributed by atoms with Crippen molar-refractivity contribution in [3.05, 3.63) is 64.2 Å². The number of hydrogen-bond acceptors (Lipinski definition) is 8. The van der Waals surface area contributed by atoms with Gasteiger partial charge in [0.1, 0.15) is 0 Å². The lowest BCUT2D eigenvalue weighted by Gasteiger charge is -2.32. The first-order valence-corrected chi connectivity index (χ1v) is 15.5. The molecule has 2 atom stereocenters. The molecule has 0 unspecified atom stereocenters. The average Bonchev–Trinajstić information content (AvgIpc) is 3.40. The van der Waals surface area contributed by atoms with E-state index in [-0.39, 0.29) is 35.7 Å². The molecule has 0 radical (unpaired) electrons. The first-order valence-electron chi connectivity index (χ1n) is 14.2. The Bertz CT molecular complexity index is 1530. The normalized spacial score (nSPS) is 18.7. The first-order chi connectivity index (χ1) is 21.0. The molecule has 1 aromatic heterocycles. The highest BCUT2D eigenvalue weighted by Crippen LogP contribution is 2.54. The van der Waals surface area contributed by atoms with E-state index in [0.717, 1.165) is 4.57 Å². The lowest BCUT2D eigenvalue weighted by Crippen LogP contribution is -2.39. The molecule has 5 rings (SSSR count). The number of esters is 1. The topological polar surface area (TPSA) is 95.8 Å². The van der Waals surface area contributed by atoms with E-state index in [4.69, 9.17) is 25.8 Å². The Balaban J connectivity index is 1.53. The molecule has 1 fully saturated rings. The number of amides is 1. The highest BCUT2D eigenvalue weighted by atomic mass is 35.5. The van der Waals surface area contributed by atoms with Crippen LogP contribution in [-0.2, 0) is 20.5 Å². The van der Waals surface area contributed by atoms with E-state index in [2.05, 4.69) is 10.2 Å². The van der Waals surface area contributed by atoms with Crippen LogP contribution in [0.1, 0.15) is 65.9 Å². The number of halogens is 4. The Kier molecular flexibility index (Phi) is 9.64. The fourth-order valence-electron chi connectivity index (χ4n) is 5.79. The van der Waals surface area contributed by atoms with Crippen LogP contribution in [0.25, 0.3) is 5.69 Å². The van der Waals surface area contributed by atoms with Gasteiger partial charge in [-0.25, -0.2) is 0 Å². The average molecular weight is 653 g/mol. The summed E-state index contributed by atoms with van der Waals surface area (Å²) in [5, 5.41) is 6.47. The van der Waals surface area contributed by atoms with Crippen molar-refractivity contribution in [3.8, 4) is 17.2 Å². The molecule has 1 amide bonds. The van der Waals surface area contributed by atoms with Gasteiger partial charge >= 0.3 is 12.1 Å². The number of fused-ring (bicyclic) bond motifs is 3. The minimum absolute atomic E-state index is 0.0146. The van der Waals surface area contributed by atoms with Gasteiger partial charge in [0.2, 0.25) is 11.7 Å². The van der Waals surface area contributed by atoms with E-state index >= 15 is 0 Å². The summed E-state index contributed by atoms with van der Waals surface area (Å²) < 4.78 is 60.2. The predicted molar refractivity (Wildman–Crippen MR) is 158 cm³/mol. The first kappa shape index (κ1) is 32.0. The van der Waals surface area contributed by atoms with Crippen LogP contribution in [0.3, 0.4) is 0 Å². The van der Waals surface area contributed by atoms with Crippen LogP contribution in [0.15, 0.2) is 36.4 Å². The fraction of sp³-hybridized carbons (Fsp3) is 0.467. The number of carbonyl (C=O) groups excluding carboxylic acids is 2. The molecule has 0 aliphatic carbocycles. The van der Waals surface area contributed by atoms with Crippen LogP contribution < -0.4 is 9.47 Å². The van der Waals surface area contributed by atoms with Gasteiger partial charge in [-0.15, -0.1) is 22.0 Å². The van der Waals surface area contributed by atoms with Gasteiger partial charge in [0.25, 0.3) is 0 Å². The maximum absolute atomic E-state index is 14.3. The second kappa shape index (κ2) is 13.3. The summed E-state index contributed by atoms with van der Waals surface area (Å²) >= 11 is 7.70. The van der Waals surface area contributed by atoms with Crippen LogP contribution in [0, 0.1) is 5.92 Å². The number of hydrogen-bond donors (Lipinski definition) is 0. The summed E-state index contributed by atoms with van der Waals surface area (Å²) in [4.78, 5) is 27.3. The number of carbonyl (C=O) groups is 2. The van der Waals surface area contributed by atoms with Gasteiger partial charge in [-0.1, -0.05) is 23.7 Å². The van der Waals surface area contributed by atoms with Gasteiger partial charge in [0, 0.05) is 36.5 Å². The van der Waals surface area contributed by atoms with Gasteiger partial charge in [-0.3, -0.25) is 14.2 Å². The molecule has 2 aliphatic heterocycles. The van der Waals surface area contributed by atoms with E-state index in [9.17, 15) is 22.8 Å². The Hall–Kier alpha value is -3.45. The van der Waals surface area contributed by atoms with E-state index in [1.54, 1.807) is 30.0 Å². The molecule has 0 spiro atoms. The smallest absolute Gasteiger partial charge is 0.452 e. The van der Waals surface area contributed by atoms with Gasteiger partial charge < -0.3 is 19.1 Å². The number of piperidine rings is 1. The van der Waals surface area contributed by atoms with Crippen molar-refractivity contribution in [2.75, 3.05) is 33.9 Å². The molecule has 2 aliphatic rings. The molecule has 3 heterocycles. The number of alkyl halides is 3. The minimum atomic E-state index is -4.81. The second-order valence-corrected chi connectivity index (χ2v) is 12.3. The van der Waals surface area contributed by atoms with E-state index in [1.165, 1.54) is 38.1 Å². The molecule has 236 valence electrons. The molecule has 14 heteroatoms. The lowest BCUT2D eigenvalue weighted by atomic mass is 9.93. The summed E-state index contributed by atoms with van der Waals surface area (Å²) in [7, 11) is 2.99. The summed E-state index contributed by atoms with van der Waals surface area (Å²) in [6.07, 6.45) is -3.37. The quantitative estimate of drug-likeness (QED) is 0.258. The van der Waals surface area contributed by atoms with E-state index in [0.29, 0.717) is 66.6 Å². The minimum Gasteiger partial charge on any atom is -0.493 e. The number of para-hydroxylation sites is 1. The largest absolute Gasteiger partial charge is 0.493 e. The SMILES string of the molecule is CCOC(=O)CC1CCN(C(=O)C[C@H]2S[C@H](c3cccc(OC)c3OC)c3cc(Cl)ccc3-n3c2nnc3C(F)(F)F)CC1. The van der Waals surface area contributed by atoms with Gasteiger partial charge in [-0.2, -0.15) is 13.2 Å². The summed E-state index contributed by atoms with van der Waals surface area (Å²) in [5.41, 5.74) is 1.33. The third-order valence-electron chi connectivity index (χ3n) is 7.85. The molecule has 3 aromatic rings. The number of ether oxygens (including phenoxy) is 3. The van der Waals surface area contributed by atoms with Crippen molar-refractivity contribution in [2.24, 2.45) is 5.92 Å². The van der Waals surface area contributed by atoms with Gasteiger partial charge in [0.05, 0.1) is 37.0 Å². The van der Waals surface area contributed by atoms with Crippen molar-refractivity contribution in [1.82, 2.24) is 19.7 Å². The Labute approximate surface area is 262 Å². The summed E-state index contributed by atoms with van der Waals surface area (Å²) in [6.45, 7) is 2.94. The number of methoxy groups -OCH3 is 2. The number of benzene rings is 2. The zero-order chi connectivity index (χ0) is 31.6. The van der Waals surface area contributed by atoms with Crippen molar-refractivity contribution in [3.63, 3.8) is 0 Å². The monoisotopic (exact) mass is 652 g/mol. The van der Waals surface area contributed by atoms with E-state index in [1.807, 2.05) is 6.07 Å². The summed E-state index contributed by atoms with van der Waals surface area (Å²) in [5.74, 6) is -0.681. The maximum atomic E-state index is 14.3. The van der Waals surface area contributed by atoms with Crippen LogP contribution in [0.5, 0.6) is 11.5 Å². The van der Waals surface area contributed by atoms with Crippen molar-refractivity contribution >= 4 is 35.2 Å². The van der Waals surface area contributed by atoms with Crippen molar-refractivity contribution in [1.29, 1.82) is 0 Å². The fourth-order valence-corrected chi connectivity index (χ4v) is 7.48. The van der Waals surface area contributed by atoms with Crippen LogP contribution in [0.2, 0.25) is 5.02 Å². The molecule has 0 saturated carbocycles. The molecule has 1 saturated heterocycles. The molecule has 0 bridgehead atoms. The van der Waals surface area contributed by atoms with Gasteiger partial charge in [0.15, 0.2) is 17.3 Å². The highest BCUT2D eigenvalue weighted by molar-refractivity contribution is 8.00. The van der Waals surface area contributed by atoms with Crippen LogP contribution >= 0.6 is 23.4 Å². The number of likely N-dealkylation sites (tertiary alicyclic amines) is 1. The summed E-state index contributed by atoms with van der Waals surface area (Å²) in [6, 6.07) is 9.96. The van der Waals surface area contributed by atoms with Crippen molar-refractivity contribution in [2.45, 2.75) is 49.3 Å². The Morgan fingerprint density at radius 2 is 1.80 bits per heavy atom. The highest BCUT2D eigenvalue weighted by Gasteiger charge is 2.44. The van der Waals surface area contributed by atoms with Crippen LogP contribution in [0.4, 0.5) is 13.2 Å².